The maximum absolute atomic E-state index is 10.5. The van der Waals surface area contributed by atoms with Gasteiger partial charge in [0.15, 0.2) is 0 Å². The van der Waals surface area contributed by atoms with Crippen LogP contribution in [-0.2, 0) is 9.53 Å². The molecule has 0 spiro atoms. The predicted octanol–water partition coefficient (Wildman–Crippen LogP) is 2.06. The first-order valence-corrected chi connectivity index (χ1v) is 6.06. The molecule has 5 heteroatoms. The summed E-state index contributed by atoms with van der Waals surface area (Å²) in [5.74, 6) is -1.02. The van der Waals surface area contributed by atoms with Crippen molar-refractivity contribution in [2.24, 2.45) is 0 Å². The van der Waals surface area contributed by atoms with Crippen LogP contribution in [0, 0.1) is 5.41 Å². The van der Waals surface area contributed by atoms with E-state index in [4.69, 9.17) is 15.3 Å². The summed E-state index contributed by atoms with van der Waals surface area (Å²) in [7, 11) is 0. The number of allylic oxidation sites excluding steroid dienone is 3. The van der Waals surface area contributed by atoms with E-state index in [0.29, 0.717) is 11.3 Å². The van der Waals surface area contributed by atoms with Crippen LogP contribution in [-0.4, -0.2) is 29.6 Å². The fourth-order valence-corrected chi connectivity index (χ4v) is 1.86. The maximum Gasteiger partial charge on any atom is 0.328 e. The Morgan fingerprint density at radius 2 is 2.11 bits per heavy atom. The molecule has 18 heavy (non-hydrogen) atoms. The Morgan fingerprint density at radius 1 is 1.39 bits per heavy atom. The van der Waals surface area contributed by atoms with Crippen LogP contribution in [0.2, 0.25) is 0 Å². The van der Waals surface area contributed by atoms with Crippen molar-refractivity contribution in [1.82, 2.24) is 5.32 Å². The third kappa shape index (κ3) is 4.71. The van der Waals surface area contributed by atoms with E-state index in [0.717, 1.165) is 37.6 Å². The molecule has 5 nitrogen and oxygen atoms in total. The number of hydrogen-bond donors (Lipinski definition) is 3. The molecular weight excluding hydrogens is 232 g/mol. The minimum absolute atomic E-state index is 0.0358. The maximum atomic E-state index is 10.5. The molecule has 0 aromatic rings. The second-order valence-electron chi connectivity index (χ2n) is 4.33. The van der Waals surface area contributed by atoms with E-state index < -0.39 is 5.97 Å². The second-order valence-corrected chi connectivity index (χ2v) is 4.33. The summed E-state index contributed by atoms with van der Waals surface area (Å²) in [5.41, 5.74) is 1.69. The van der Waals surface area contributed by atoms with Gasteiger partial charge in [0, 0.05) is 29.7 Å². The van der Waals surface area contributed by atoms with Gasteiger partial charge in [0.05, 0.1) is 0 Å². The predicted molar refractivity (Wildman–Crippen MR) is 69.6 cm³/mol. The van der Waals surface area contributed by atoms with Crippen molar-refractivity contribution in [3.63, 3.8) is 0 Å². The van der Waals surface area contributed by atoms with Crippen LogP contribution in [0.25, 0.3) is 0 Å². The molecule has 0 radical (unpaired) electrons. The first kappa shape index (κ1) is 14.4. The Kier molecular flexibility index (Phi) is 5.58. The highest BCUT2D eigenvalue weighted by Crippen LogP contribution is 2.13. The van der Waals surface area contributed by atoms with Crippen LogP contribution in [0.1, 0.15) is 33.1 Å². The number of rotatable bonds is 5. The summed E-state index contributed by atoms with van der Waals surface area (Å²) >= 11 is 0. The van der Waals surface area contributed by atoms with E-state index >= 15 is 0 Å². The summed E-state index contributed by atoms with van der Waals surface area (Å²) in [4.78, 5) is 10.5. The fraction of sp³-hybridized carbons (Fsp3) is 0.538. The lowest BCUT2D eigenvalue weighted by Gasteiger charge is -2.25. The Bertz CT molecular complexity index is 380. The van der Waals surface area contributed by atoms with Gasteiger partial charge >= 0.3 is 5.97 Å². The van der Waals surface area contributed by atoms with Gasteiger partial charge in [0.25, 0.3) is 0 Å². The second kappa shape index (κ2) is 6.96. The molecular formula is C13H20N2O3. The van der Waals surface area contributed by atoms with Gasteiger partial charge in [-0.2, -0.15) is 0 Å². The van der Waals surface area contributed by atoms with Crippen molar-refractivity contribution >= 4 is 11.7 Å². The first-order chi connectivity index (χ1) is 8.50. The molecule has 1 saturated heterocycles. The standard InChI is InChI=1S/C13H20N2O3/c1-9(14)11(6-7-13(16)17)10(2)15-12-5-3-4-8-18-12/h6-7,12,14-15H,3-5,8H2,1-2H3,(H,16,17)/b7-6+,11-10-,14-9?. The quantitative estimate of drug-likeness (QED) is 0.397. The molecule has 100 valence electrons. The molecule has 0 aromatic carbocycles. The molecule has 0 bridgehead atoms. The van der Waals surface area contributed by atoms with Crippen LogP contribution < -0.4 is 5.32 Å². The van der Waals surface area contributed by atoms with Crippen molar-refractivity contribution in [1.29, 1.82) is 5.41 Å². The number of hydrogen-bond acceptors (Lipinski definition) is 4. The number of carboxylic acids is 1. The van der Waals surface area contributed by atoms with Crippen LogP contribution >= 0.6 is 0 Å². The third-order valence-electron chi connectivity index (χ3n) is 2.76. The topological polar surface area (TPSA) is 82.4 Å². The molecule has 0 amide bonds. The van der Waals surface area contributed by atoms with E-state index in [2.05, 4.69) is 5.32 Å². The number of nitrogens with one attached hydrogen (secondary N) is 2. The summed E-state index contributed by atoms with van der Waals surface area (Å²) in [6.07, 6.45) is 5.58. The average molecular weight is 252 g/mol. The summed E-state index contributed by atoms with van der Waals surface area (Å²) in [6, 6.07) is 0. The van der Waals surface area contributed by atoms with Crippen molar-refractivity contribution in [2.75, 3.05) is 6.61 Å². The fourth-order valence-electron chi connectivity index (χ4n) is 1.86. The van der Waals surface area contributed by atoms with Crippen LogP contribution in [0.3, 0.4) is 0 Å². The SMILES string of the molecule is CC(=N)C(/C=C/C(=O)O)=C(/C)NC1CCCCO1. The van der Waals surface area contributed by atoms with E-state index in [9.17, 15) is 4.79 Å². The van der Waals surface area contributed by atoms with Gasteiger partial charge in [0.2, 0.25) is 0 Å². The molecule has 1 unspecified atom stereocenters. The van der Waals surface area contributed by atoms with Gasteiger partial charge in [-0.05, 0) is 39.2 Å². The molecule has 0 aromatic heterocycles. The van der Waals surface area contributed by atoms with Gasteiger partial charge in [-0.15, -0.1) is 0 Å². The number of carbonyl (C=O) groups is 1. The largest absolute Gasteiger partial charge is 0.478 e. The summed E-state index contributed by atoms with van der Waals surface area (Å²) in [6.45, 7) is 4.21. The lowest BCUT2D eigenvalue weighted by molar-refractivity contribution is -0.131. The zero-order chi connectivity index (χ0) is 13.5. The van der Waals surface area contributed by atoms with E-state index in [1.54, 1.807) is 6.92 Å². The normalized spacial score (nSPS) is 21.6. The van der Waals surface area contributed by atoms with Crippen molar-refractivity contribution in [2.45, 2.75) is 39.3 Å². The summed E-state index contributed by atoms with van der Waals surface area (Å²) in [5, 5.41) is 19.5. The smallest absolute Gasteiger partial charge is 0.328 e. The molecule has 1 aliphatic heterocycles. The monoisotopic (exact) mass is 252 g/mol. The van der Waals surface area contributed by atoms with Gasteiger partial charge in [-0.25, -0.2) is 4.79 Å². The van der Waals surface area contributed by atoms with Crippen LogP contribution in [0.15, 0.2) is 23.4 Å². The highest BCUT2D eigenvalue weighted by molar-refractivity contribution is 6.00. The third-order valence-corrected chi connectivity index (χ3v) is 2.76. The minimum Gasteiger partial charge on any atom is -0.478 e. The highest BCUT2D eigenvalue weighted by atomic mass is 16.5. The highest BCUT2D eigenvalue weighted by Gasteiger charge is 2.14. The minimum atomic E-state index is -1.02. The van der Waals surface area contributed by atoms with Crippen molar-refractivity contribution in [3.05, 3.63) is 23.4 Å². The average Bonchev–Trinajstić information content (AvgIpc) is 2.29. The summed E-state index contributed by atoms with van der Waals surface area (Å²) < 4.78 is 5.55. The van der Waals surface area contributed by atoms with Crippen LogP contribution in [0.4, 0.5) is 0 Å². The van der Waals surface area contributed by atoms with Gasteiger partial charge in [0.1, 0.15) is 6.23 Å². The molecule has 1 aliphatic rings. The molecule has 3 N–H and O–H groups in total. The number of aliphatic carboxylic acids is 1. The van der Waals surface area contributed by atoms with Gasteiger partial charge in [-0.3, -0.25) is 0 Å². The van der Waals surface area contributed by atoms with E-state index in [1.165, 1.54) is 6.08 Å². The molecule has 0 aliphatic carbocycles. The van der Waals surface area contributed by atoms with Gasteiger partial charge in [-0.1, -0.05) is 0 Å². The molecule has 1 rings (SSSR count). The molecule has 0 saturated carbocycles. The Labute approximate surface area is 107 Å². The molecule has 1 heterocycles. The number of carboxylic acid groups (broad SMARTS) is 1. The lowest BCUT2D eigenvalue weighted by atomic mass is 10.1. The molecule has 1 atom stereocenters. The molecule has 1 fully saturated rings. The van der Waals surface area contributed by atoms with E-state index in [1.807, 2.05) is 6.92 Å². The Hall–Kier alpha value is -1.62. The van der Waals surface area contributed by atoms with Crippen molar-refractivity contribution < 1.29 is 14.6 Å². The first-order valence-electron chi connectivity index (χ1n) is 6.06. The Balaban J connectivity index is 2.76. The number of ether oxygens (including phenoxy) is 1. The van der Waals surface area contributed by atoms with Gasteiger partial charge < -0.3 is 20.6 Å². The van der Waals surface area contributed by atoms with E-state index in [-0.39, 0.29) is 6.23 Å². The van der Waals surface area contributed by atoms with Crippen molar-refractivity contribution in [3.8, 4) is 0 Å². The zero-order valence-electron chi connectivity index (χ0n) is 10.8. The lowest BCUT2D eigenvalue weighted by Crippen LogP contribution is -2.34. The Morgan fingerprint density at radius 3 is 2.61 bits per heavy atom. The zero-order valence-corrected chi connectivity index (χ0v) is 10.8. The van der Waals surface area contributed by atoms with Crippen LogP contribution in [0.5, 0.6) is 0 Å².